The number of fused-ring (bicyclic) bond motifs is 1. The molecule has 3 aromatic carbocycles. The number of halogens is 1. The molecule has 37 heavy (non-hydrogen) atoms. The number of H-pyrrole nitrogens is 2. The number of aromatic nitrogens is 3. The zero-order chi connectivity index (χ0) is 25.9. The van der Waals surface area contributed by atoms with Gasteiger partial charge >= 0.3 is 5.76 Å². The van der Waals surface area contributed by atoms with E-state index < -0.39 is 11.7 Å². The summed E-state index contributed by atoms with van der Waals surface area (Å²) >= 11 is 6.10. The van der Waals surface area contributed by atoms with Crippen molar-refractivity contribution in [3.63, 3.8) is 0 Å². The van der Waals surface area contributed by atoms with Gasteiger partial charge < -0.3 is 20.4 Å². The lowest BCUT2D eigenvalue weighted by molar-refractivity contribution is -0.115. The molecule has 4 N–H and O–H groups in total. The Morgan fingerprint density at radius 1 is 1.00 bits per heavy atom. The number of aromatic amines is 2. The summed E-state index contributed by atoms with van der Waals surface area (Å²) in [6.07, 6.45) is 0.123. The Morgan fingerprint density at radius 2 is 1.84 bits per heavy atom. The van der Waals surface area contributed by atoms with Crippen molar-refractivity contribution in [2.75, 3.05) is 17.7 Å². The standard InChI is InChI=1S/C26H20ClN5O5/c1-36-21-8-3-2-5-14(21)12-22(33)28-19-7-4-6-15-11-20(29-23(15)19)25(34)30-18-10-9-16(27)13-17(18)24-31-26(35)37-32-24/h2-11,13,29H,12H2,1H3,(H,28,33)(H,30,34)(H,31,32,35). The minimum atomic E-state index is -0.733. The zero-order valence-corrected chi connectivity index (χ0v) is 20.2. The summed E-state index contributed by atoms with van der Waals surface area (Å²) < 4.78 is 9.90. The first-order valence-electron chi connectivity index (χ1n) is 11.1. The summed E-state index contributed by atoms with van der Waals surface area (Å²) in [4.78, 5) is 42.8. The number of carbonyl (C=O) groups excluding carboxylic acids is 2. The molecule has 5 rings (SSSR count). The number of nitrogens with zero attached hydrogens (tertiary/aromatic N) is 1. The van der Waals surface area contributed by atoms with E-state index in [0.717, 1.165) is 10.9 Å². The predicted molar refractivity (Wildman–Crippen MR) is 139 cm³/mol. The third-order valence-electron chi connectivity index (χ3n) is 5.64. The minimum Gasteiger partial charge on any atom is -0.496 e. The molecule has 0 aliphatic carbocycles. The number of rotatable bonds is 7. The van der Waals surface area contributed by atoms with E-state index in [1.165, 1.54) is 0 Å². The lowest BCUT2D eigenvalue weighted by Gasteiger charge is -2.10. The number of anilines is 2. The highest BCUT2D eigenvalue weighted by Gasteiger charge is 2.17. The van der Waals surface area contributed by atoms with Crippen LogP contribution in [0, 0.1) is 0 Å². The number of carbonyl (C=O) groups is 2. The summed E-state index contributed by atoms with van der Waals surface area (Å²) in [7, 11) is 1.56. The second-order valence-corrected chi connectivity index (χ2v) is 8.51. The van der Waals surface area contributed by atoms with Crippen molar-refractivity contribution in [1.29, 1.82) is 0 Å². The van der Waals surface area contributed by atoms with Gasteiger partial charge in [0.15, 0.2) is 5.82 Å². The molecule has 0 unspecified atom stereocenters. The van der Waals surface area contributed by atoms with Gasteiger partial charge in [0, 0.05) is 21.5 Å². The van der Waals surface area contributed by atoms with Crippen LogP contribution in [0.25, 0.3) is 22.3 Å². The first-order chi connectivity index (χ1) is 17.9. The summed E-state index contributed by atoms with van der Waals surface area (Å²) in [5, 5.41) is 10.5. The average Bonchev–Trinajstić information content (AvgIpc) is 3.52. The van der Waals surface area contributed by atoms with Crippen LogP contribution in [0.3, 0.4) is 0 Å². The van der Waals surface area contributed by atoms with Crippen LogP contribution in [0.1, 0.15) is 16.1 Å². The summed E-state index contributed by atoms with van der Waals surface area (Å²) in [6.45, 7) is 0. The molecular formula is C26H20ClN5O5. The second kappa shape index (κ2) is 10.0. The largest absolute Gasteiger partial charge is 0.496 e. The highest BCUT2D eigenvalue weighted by atomic mass is 35.5. The van der Waals surface area contributed by atoms with Crippen molar-refractivity contribution in [3.8, 4) is 17.1 Å². The molecule has 0 saturated carbocycles. The first kappa shape index (κ1) is 23.9. The molecule has 2 aromatic heterocycles. The number of amides is 2. The van der Waals surface area contributed by atoms with Gasteiger partial charge in [-0.3, -0.25) is 19.1 Å². The van der Waals surface area contributed by atoms with Crippen molar-refractivity contribution >= 4 is 45.7 Å². The fourth-order valence-electron chi connectivity index (χ4n) is 3.96. The molecular weight excluding hydrogens is 498 g/mol. The molecule has 0 aliphatic rings. The Bertz CT molecular complexity index is 1690. The van der Waals surface area contributed by atoms with Crippen molar-refractivity contribution in [2.24, 2.45) is 0 Å². The number of hydrogen-bond acceptors (Lipinski definition) is 6. The van der Waals surface area contributed by atoms with Gasteiger partial charge in [0.25, 0.3) is 5.91 Å². The fraction of sp³-hybridized carbons (Fsp3) is 0.0769. The quantitative estimate of drug-likeness (QED) is 0.248. The summed E-state index contributed by atoms with van der Waals surface area (Å²) in [5.74, 6) is -0.657. The van der Waals surface area contributed by atoms with E-state index in [-0.39, 0.29) is 23.8 Å². The van der Waals surface area contributed by atoms with Gasteiger partial charge in [0.2, 0.25) is 5.91 Å². The van der Waals surface area contributed by atoms with E-state index in [9.17, 15) is 14.4 Å². The zero-order valence-electron chi connectivity index (χ0n) is 19.4. The molecule has 0 fully saturated rings. The number of hydrogen-bond donors (Lipinski definition) is 4. The number of para-hydroxylation sites is 2. The normalized spacial score (nSPS) is 10.9. The second-order valence-electron chi connectivity index (χ2n) is 8.08. The van der Waals surface area contributed by atoms with Crippen molar-refractivity contribution in [3.05, 3.63) is 93.6 Å². The number of methoxy groups -OCH3 is 1. The molecule has 0 radical (unpaired) electrons. The van der Waals surface area contributed by atoms with Crippen LogP contribution in [0.4, 0.5) is 11.4 Å². The third-order valence-corrected chi connectivity index (χ3v) is 5.88. The number of benzene rings is 3. The van der Waals surface area contributed by atoms with E-state index in [0.29, 0.717) is 33.2 Å². The Morgan fingerprint density at radius 3 is 2.62 bits per heavy atom. The Balaban J connectivity index is 1.38. The maximum Gasteiger partial charge on any atom is 0.439 e. The smallest absolute Gasteiger partial charge is 0.439 e. The van der Waals surface area contributed by atoms with E-state index in [2.05, 4.69) is 30.3 Å². The van der Waals surface area contributed by atoms with Crippen LogP contribution in [0.2, 0.25) is 5.02 Å². The third kappa shape index (κ3) is 5.09. The van der Waals surface area contributed by atoms with Crippen LogP contribution < -0.4 is 21.1 Å². The monoisotopic (exact) mass is 517 g/mol. The Hall–Kier alpha value is -4.83. The molecule has 186 valence electrons. The molecule has 0 atom stereocenters. The van der Waals surface area contributed by atoms with Gasteiger partial charge in [0.1, 0.15) is 11.4 Å². The molecule has 0 saturated heterocycles. The predicted octanol–water partition coefficient (Wildman–Crippen LogP) is 4.61. The average molecular weight is 518 g/mol. The van der Waals surface area contributed by atoms with Crippen LogP contribution >= 0.6 is 11.6 Å². The first-order valence-corrected chi connectivity index (χ1v) is 11.5. The summed E-state index contributed by atoms with van der Waals surface area (Å²) in [5.41, 5.74) is 2.89. The fourth-order valence-corrected chi connectivity index (χ4v) is 4.13. The highest BCUT2D eigenvalue weighted by Crippen LogP contribution is 2.30. The lowest BCUT2D eigenvalue weighted by atomic mass is 10.1. The van der Waals surface area contributed by atoms with Crippen LogP contribution in [0.5, 0.6) is 5.75 Å². The molecule has 2 heterocycles. The van der Waals surface area contributed by atoms with E-state index in [4.69, 9.17) is 16.3 Å². The maximum atomic E-state index is 13.1. The topological polar surface area (TPSA) is 142 Å². The molecule has 5 aromatic rings. The van der Waals surface area contributed by atoms with Crippen molar-refractivity contribution in [1.82, 2.24) is 15.1 Å². The molecule has 11 heteroatoms. The van der Waals surface area contributed by atoms with Gasteiger partial charge in [-0.2, -0.15) is 0 Å². The molecule has 0 bridgehead atoms. The Kier molecular flexibility index (Phi) is 6.48. The number of nitrogens with one attached hydrogen (secondary N) is 4. The van der Waals surface area contributed by atoms with Gasteiger partial charge in [0.05, 0.1) is 30.4 Å². The van der Waals surface area contributed by atoms with E-state index in [1.54, 1.807) is 49.6 Å². The molecule has 2 amide bonds. The molecule has 0 aliphatic heterocycles. The van der Waals surface area contributed by atoms with Gasteiger partial charge in [-0.15, -0.1) is 0 Å². The lowest BCUT2D eigenvalue weighted by Crippen LogP contribution is -2.15. The van der Waals surface area contributed by atoms with E-state index >= 15 is 0 Å². The van der Waals surface area contributed by atoms with Gasteiger partial charge in [-0.05, 0) is 36.4 Å². The minimum absolute atomic E-state index is 0.123. The maximum absolute atomic E-state index is 13.1. The van der Waals surface area contributed by atoms with Crippen LogP contribution in [-0.2, 0) is 11.2 Å². The summed E-state index contributed by atoms with van der Waals surface area (Å²) in [6, 6.07) is 19.1. The highest BCUT2D eigenvalue weighted by molar-refractivity contribution is 6.31. The van der Waals surface area contributed by atoms with Crippen LogP contribution in [-0.4, -0.2) is 34.0 Å². The van der Waals surface area contributed by atoms with Gasteiger partial charge in [-0.1, -0.05) is 47.1 Å². The number of ether oxygens (including phenoxy) is 1. The van der Waals surface area contributed by atoms with Crippen molar-refractivity contribution in [2.45, 2.75) is 6.42 Å². The molecule has 10 nitrogen and oxygen atoms in total. The molecule has 0 spiro atoms. The van der Waals surface area contributed by atoms with E-state index in [1.807, 2.05) is 24.3 Å². The SMILES string of the molecule is COc1ccccc1CC(=O)Nc1cccc2cc(C(=O)Nc3ccc(Cl)cc3-c3noc(=O)[nH]3)[nH]c12. The van der Waals surface area contributed by atoms with Crippen molar-refractivity contribution < 1.29 is 18.8 Å². The van der Waals surface area contributed by atoms with Gasteiger partial charge in [-0.25, -0.2) is 4.79 Å². The van der Waals surface area contributed by atoms with Crippen LogP contribution in [0.15, 0.2) is 76.0 Å². The Labute approximate surface area is 214 Å².